The SMILES string of the molecule is CCN1CCCC1Cc1ncc2cccc(OC)n12. The molecule has 3 heterocycles. The maximum Gasteiger partial charge on any atom is 0.199 e. The minimum absolute atomic E-state index is 0.625. The third-order valence-electron chi connectivity index (χ3n) is 4.12. The van der Waals surface area contributed by atoms with Crippen molar-refractivity contribution in [2.75, 3.05) is 20.2 Å². The Morgan fingerprint density at radius 3 is 3.11 bits per heavy atom. The van der Waals surface area contributed by atoms with Gasteiger partial charge in [-0.05, 0) is 38.1 Å². The normalized spacial score (nSPS) is 20.2. The van der Waals surface area contributed by atoms with Gasteiger partial charge in [-0.3, -0.25) is 4.40 Å². The van der Waals surface area contributed by atoms with E-state index in [4.69, 9.17) is 4.74 Å². The molecule has 1 unspecified atom stereocenters. The van der Waals surface area contributed by atoms with E-state index in [1.165, 1.54) is 19.4 Å². The van der Waals surface area contributed by atoms with Gasteiger partial charge >= 0.3 is 0 Å². The summed E-state index contributed by atoms with van der Waals surface area (Å²) in [5, 5.41) is 0. The van der Waals surface area contributed by atoms with Gasteiger partial charge in [0, 0.05) is 12.5 Å². The molecule has 1 aliphatic rings. The van der Waals surface area contributed by atoms with E-state index < -0.39 is 0 Å². The van der Waals surface area contributed by atoms with Crippen LogP contribution in [0.25, 0.3) is 5.52 Å². The second kappa shape index (κ2) is 5.21. The number of hydrogen-bond acceptors (Lipinski definition) is 3. The lowest BCUT2D eigenvalue weighted by Crippen LogP contribution is -2.31. The molecule has 1 atom stereocenters. The molecule has 2 aromatic rings. The van der Waals surface area contributed by atoms with Crippen molar-refractivity contribution in [1.29, 1.82) is 0 Å². The van der Waals surface area contributed by atoms with E-state index in [1.54, 1.807) is 7.11 Å². The highest BCUT2D eigenvalue weighted by atomic mass is 16.5. The first-order valence-electron chi connectivity index (χ1n) is 7.07. The minimum atomic E-state index is 0.625. The van der Waals surface area contributed by atoms with Gasteiger partial charge in [-0.25, -0.2) is 4.98 Å². The summed E-state index contributed by atoms with van der Waals surface area (Å²) < 4.78 is 7.58. The monoisotopic (exact) mass is 259 g/mol. The fourth-order valence-corrected chi connectivity index (χ4v) is 3.14. The molecule has 0 saturated carbocycles. The van der Waals surface area contributed by atoms with Gasteiger partial charge in [0.15, 0.2) is 5.88 Å². The highest BCUT2D eigenvalue weighted by Gasteiger charge is 2.24. The van der Waals surface area contributed by atoms with Crippen LogP contribution in [-0.4, -0.2) is 40.5 Å². The van der Waals surface area contributed by atoms with Crippen molar-refractivity contribution in [1.82, 2.24) is 14.3 Å². The van der Waals surface area contributed by atoms with Crippen LogP contribution in [-0.2, 0) is 6.42 Å². The second-order valence-electron chi connectivity index (χ2n) is 5.13. The zero-order valence-corrected chi connectivity index (χ0v) is 11.7. The number of likely N-dealkylation sites (tertiary alicyclic amines) is 1. The van der Waals surface area contributed by atoms with Crippen LogP contribution in [0.4, 0.5) is 0 Å². The molecular weight excluding hydrogens is 238 g/mol. The Balaban J connectivity index is 1.92. The maximum absolute atomic E-state index is 5.45. The largest absolute Gasteiger partial charge is 0.482 e. The molecule has 0 aromatic carbocycles. The summed E-state index contributed by atoms with van der Waals surface area (Å²) in [6.07, 6.45) is 5.52. The Labute approximate surface area is 114 Å². The number of methoxy groups -OCH3 is 1. The fraction of sp³-hybridized carbons (Fsp3) is 0.533. The van der Waals surface area contributed by atoms with Crippen LogP contribution in [0.2, 0.25) is 0 Å². The molecule has 0 bridgehead atoms. The molecule has 1 aliphatic heterocycles. The van der Waals surface area contributed by atoms with E-state index in [0.717, 1.165) is 30.2 Å². The Hall–Kier alpha value is -1.55. The summed E-state index contributed by atoms with van der Waals surface area (Å²) in [4.78, 5) is 7.14. The van der Waals surface area contributed by atoms with E-state index in [9.17, 15) is 0 Å². The number of nitrogens with zero attached hydrogens (tertiary/aromatic N) is 3. The van der Waals surface area contributed by atoms with Crippen LogP contribution >= 0.6 is 0 Å². The van der Waals surface area contributed by atoms with Gasteiger partial charge in [0.1, 0.15) is 5.82 Å². The molecule has 0 aliphatic carbocycles. The number of aromatic nitrogens is 2. The zero-order valence-electron chi connectivity index (χ0n) is 11.7. The third-order valence-corrected chi connectivity index (χ3v) is 4.12. The van der Waals surface area contributed by atoms with Crippen molar-refractivity contribution in [2.45, 2.75) is 32.2 Å². The first kappa shape index (κ1) is 12.5. The molecule has 0 N–H and O–H groups in total. The van der Waals surface area contributed by atoms with Crippen LogP contribution in [0.3, 0.4) is 0 Å². The Kier molecular flexibility index (Phi) is 3.42. The van der Waals surface area contributed by atoms with Crippen molar-refractivity contribution in [2.24, 2.45) is 0 Å². The second-order valence-corrected chi connectivity index (χ2v) is 5.13. The summed E-state index contributed by atoms with van der Waals surface area (Å²) in [6, 6.07) is 6.70. The first-order chi connectivity index (χ1) is 9.33. The molecule has 0 radical (unpaired) electrons. The number of rotatable bonds is 4. The van der Waals surface area contributed by atoms with Crippen LogP contribution in [0.1, 0.15) is 25.6 Å². The minimum Gasteiger partial charge on any atom is -0.482 e. The van der Waals surface area contributed by atoms with Gasteiger partial charge in [0.05, 0.1) is 18.8 Å². The fourth-order valence-electron chi connectivity index (χ4n) is 3.14. The molecule has 3 rings (SSSR count). The molecule has 4 nitrogen and oxygen atoms in total. The molecule has 4 heteroatoms. The summed E-state index contributed by atoms with van der Waals surface area (Å²) in [6.45, 7) is 4.59. The van der Waals surface area contributed by atoms with E-state index >= 15 is 0 Å². The number of ether oxygens (including phenoxy) is 1. The molecule has 1 saturated heterocycles. The number of likely N-dealkylation sites (N-methyl/N-ethyl adjacent to an activating group) is 1. The van der Waals surface area contributed by atoms with E-state index in [2.05, 4.69) is 27.3 Å². The predicted octanol–water partition coefficient (Wildman–Crippen LogP) is 2.37. The number of hydrogen-bond donors (Lipinski definition) is 0. The Bertz CT molecular complexity index is 564. The Morgan fingerprint density at radius 2 is 2.32 bits per heavy atom. The Morgan fingerprint density at radius 1 is 1.42 bits per heavy atom. The highest BCUT2D eigenvalue weighted by Crippen LogP contribution is 2.23. The maximum atomic E-state index is 5.45. The van der Waals surface area contributed by atoms with Crippen LogP contribution in [0.5, 0.6) is 5.88 Å². The predicted molar refractivity (Wildman–Crippen MR) is 75.7 cm³/mol. The molecule has 102 valence electrons. The average Bonchev–Trinajstić information content (AvgIpc) is 3.06. The van der Waals surface area contributed by atoms with Gasteiger partial charge in [-0.2, -0.15) is 0 Å². The summed E-state index contributed by atoms with van der Waals surface area (Å²) in [7, 11) is 1.71. The van der Waals surface area contributed by atoms with Crippen molar-refractivity contribution in [3.05, 3.63) is 30.2 Å². The lowest BCUT2D eigenvalue weighted by Gasteiger charge is -2.22. The van der Waals surface area contributed by atoms with Crippen molar-refractivity contribution >= 4 is 5.52 Å². The highest BCUT2D eigenvalue weighted by molar-refractivity contribution is 5.49. The summed E-state index contributed by atoms with van der Waals surface area (Å²) >= 11 is 0. The van der Waals surface area contributed by atoms with Crippen molar-refractivity contribution in [3.63, 3.8) is 0 Å². The van der Waals surface area contributed by atoms with E-state index in [0.29, 0.717) is 6.04 Å². The number of pyridine rings is 1. The smallest absolute Gasteiger partial charge is 0.199 e. The van der Waals surface area contributed by atoms with Crippen LogP contribution in [0, 0.1) is 0 Å². The zero-order chi connectivity index (χ0) is 13.2. The van der Waals surface area contributed by atoms with E-state index in [-0.39, 0.29) is 0 Å². The van der Waals surface area contributed by atoms with Crippen molar-refractivity contribution < 1.29 is 4.74 Å². The summed E-state index contributed by atoms with van der Waals surface area (Å²) in [5.74, 6) is 1.98. The molecule has 1 fully saturated rings. The van der Waals surface area contributed by atoms with Gasteiger partial charge in [-0.1, -0.05) is 13.0 Å². The quantitative estimate of drug-likeness (QED) is 0.844. The lowest BCUT2D eigenvalue weighted by atomic mass is 10.1. The lowest BCUT2D eigenvalue weighted by molar-refractivity contribution is 0.262. The average molecular weight is 259 g/mol. The van der Waals surface area contributed by atoms with Gasteiger partial charge in [0.2, 0.25) is 0 Å². The van der Waals surface area contributed by atoms with E-state index in [1.807, 2.05) is 18.3 Å². The van der Waals surface area contributed by atoms with Gasteiger partial charge < -0.3 is 9.64 Å². The third kappa shape index (κ3) is 2.21. The first-order valence-corrected chi connectivity index (χ1v) is 7.07. The molecule has 0 amide bonds. The van der Waals surface area contributed by atoms with Gasteiger partial charge in [0.25, 0.3) is 0 Å². The van der Waals surface area contributed by atoms with Crippen LogP contribution in [0.15, 0.2) is 24.4 Å². The summed E-state index contributed by atoms with van der Waals surface area (Å²) in [5.41, 5.74) is 1.11. The van der Waals surface area contributed by atoms with Crippen molar-refractivity contribution in [3.8, 4) is 5.88 Å². The molecular formula is C15H21N3O. The molecule has 19 heavy (non-hydrogen) atoms. The molecule has 2 aromatic heterocycles. The molecule has 0 spiro atoms. The van der Waals surface area contributed by atoms with Crippen LogP contribution < -0.4 is 4.74 Å². The standard InChI is InChI=1S/C15H21N3O/c1-3-17-9-5-7-12(17)10-14-16-11-13-6-4-8-15(19-2)18(13)14/h4,6,8,11-12H,3,5,7,9-10H2,1-2H3. The number of imidazole rings is 1. The topological polar surface area (TPSA) is 29.8 Å². The number of fused-ring (bicyclic) bond motifs is 1. The van der Waals surface area contributed by atoms with Gasteiger partial charge in [-0.15, -0.1) is 0 Å².